The van der Waals surface area contributed by atoms with Gasteiger partial charge in [-0.2, -0.15) is 0 Å². The Hall–Kier alpha value is -4.62. The summed E-state index contributed by atoms with van der Waals surface area (Å²) >= 11 is 0. The molecule has 9 N–H and O–H groups in total. The van der Waals surface area contributed by atoms with Crippen molar-refractivity contribution in [1.82, 2.24) is 0 Å². The number of aldehydes is 2. The topological polar surface area (TPSA) is 291 Å². The lowest BCUT2D eigenvalue weighted by molar-refractivity contribution is -0.196. The molecule has 0 saturated carbocycles. The Balaban J connectivity index is 2.15. The first-order valence-corrected chi connectivity index (χ1v) is 12.5. The molecular weight excluding hydrogens is 596 g/mol. The fourth-order valence-electron chi connectivity index (χ4n) is 3.78. The molecule has 0 saturated heterocycles. The predicted octanol–water partition coefficient (Wildman–Crippen LogP) is -2.60. The van der Waals surface area contributed by atoms with E-state index in [0.29, 0.717) is 0 Å². The van der Waals surface area contributed by atoms with Crippen LogP contribution < -0.4 is 14.9 Å². The first-order chi connectivity index (χ1) is 20.7. The van der Waals surface area contributed by atoms with Gasteiger partial charge in [0.05, 0.1) is 0 Å². The van der Waals surface area contributed by atoms with Gasteiger partial charge in [-0.1, -0.05) is 0 Å². The number of phenolic OH excluding ortho intramolecular Hbond substituents is 2. The third-order valence-electron chi connectivity index (χ3n) is 6.06. The molecule has 0 spiro atoms. The number of carbonyl (C=O) groups is 3. The fraction of sp³-hybridized carbons (Fsp3) is 0.333. The molecule has 8 unspecified atom stereocenters. The Morgan fingerprint density at radius 1 is 0.818 bits per heavy atom. The lowest BCUT2D eigenvalue weighted by Crippen LogP contribution is -2.48. The van der Waals surface area contributed by atoms with Gasteiger partial charge in [0, 0.05) is 24.6 Å². The molecule has 1 heterocycles. The van der Waals surface area contributed by atoms with Crippen LogP contribution in [0, 0.1) is 0 Å². The fourth-order valence-corrected chi connectivity index (χ4v) is 3.78. The number of aliphatic hydroxyl groups is 7. The van der Waals surface area contributed by atoms with Gasteiger partial charge in [0.15, 0.2) is 24.4 Å². The number of ether oxygens (including phenoxy) is 3. The van der Waals surface area contributed by atoms with E-state index in [0.717, 1.165) is 19.1 Å². The minimum absolute atomic E-state index is 0.0250. The van der Waals surface area contributed by atoms with Gasteiger partial charge in [0.2, 0.25) is 17.5 Å². The summed E-state index contributed by atoms with van der Waals surface area (Å²) in [7, 11) is 0. The quantitative estimate of drug-likeness (QED) is 0.0504. The molecule has 0 aliphatic carbocycles. The molecule has 0 aliphatic heterocycles. The molecule has 238 valence electrons. The van der Waals surface area contributed by atoms with E-state index in [2.05, 4.69) is 0 Å². The highest BCUT2D eigenvalue weighted by Gasteiger charge is 2.36. The number of benzene rings is 2. The van der Waals surface area contributed by atoms with Crippen LogP contribution in [0.25, 0.3) is 22.3 Å². The molecule has 2 aromatic carbocycles. The number of fused-ring (bicyclic) bond motifs is 1. The Kier molecular flexibility index (Phi) is 11.0. The van der Waals surface area contributed by atoms with Gasteiger partial charge in [0.25, 0.3) is 6.29 Å². The highest BCUT2D eigenvalue weighted by Crippen LogP contribution is 2.37. The molecule has 17 heteroatoms. The van der Waals surface area contributed by atoms with E-state index >= 15 is 0 Å². The Morgan fingerprint density at radius 2 is 1.39 bits per heavy atom. The average Bonchev–Trinajstić information content (AvgIpc) is 2.99. The van der Waals surface area contributed by atoms with Gasteiger partial charge in [-0.15, -0.1) is 0 Å². The number of hydrogen-bond acceptors (Lipinski definition) is 17. The number of aromatic hydroxyl groups is 2. The van der Waals surface area contributed by atoms with E-state index < -0.39 is 94.6 Å². The zero-order chi connectivity index (χ0) is 32.9. The maximum absolute atomic E-state index is 13.5. The largest absolute Gasteiger partial charge is 0.508 e. The van der Waals surface area contributed by atoms with E-state index in [9.17, 15) is 65.1 Å². The molecule has 3 aromatic rings. The summed E-state index contributed by atoms with van der Waals surface area (Å²) in [5, 5.41) is 89.5. The standard InChI is InChI=1S/C27H28O17/c1-10(30)41-27(23(39)20(36)16(34)9-29)42-13-6-14(32)18-17(7-13)43-24(11-2-4-12(31)5-3-11)25(21(18)37)44-26(40)22(38)19(35)15(33)8-28/h2-9,15-16,19-20,22-23,26-27,31-36,38-40H,1H3. The third-order valence-corrected chi connectivity index (χ3v) is 6.06. The van der Waals surface area contributed by atoms with Crippen molar-refractivity contribution in [2.24, 2.45) is 0 Å². The van der Waals surface area contributed by atoms with E-state index in [1.54, 1.807) is 0 Å². The van der Waals surface area contributed by atoms with Gasteiger partial charge >= 0.3 is 5.97 Å². The highest BCUT2D eigenvalue weighted by molar-refractivity contribution is 5.88. The second-order valence-corrected chi connectivity index (χ2v) is 9.27. The monoisotopic (exact) mass is 624 g/mol. The Morgan fingerprint density at radius 3 is 1.93 bits per heavy atom. The molecule has 17 nitrogen and oxygen atoms in total. The summed E-state index contributed by atoms with van der Waals surface area (Å²) in [6, 6.07) is 6.59. The van der Waals surface area contributed by atoms with Gasteiger partial charge in [-0.3, -0.25) is 9.59 Å². The van der Waals surface area contributed by atoms with Crippen LogP contribution in [-0.2, 0) is 19.1 Å². The van der Waals surface area contributed by atoms with Crippen molar-refractivity contribution in [3.05, 3.63) is 46.6 Å². The summed E-state index contributed by atoms with van der Waals surface area (Å²) in [5.41, 5.74) is -1.59. The van der Waals surface area contributed by atoms with Crippen molar-refractivity contribution in [3.63, 3.8) is 0 Å². The Bertz CT molecular complexity index is 1530. The van der Waals surface area contributed by atoms with Crippen molar-refractivity contribution in [3.8, 4) is 34.3 Å². The molecule has 0 fully saturated rings. The second-order valence-electron chi connectivity index (χ2n) is 9.27. The number of hydrogen-bond donors (Lipinski definition) is 9. The number of rotatable bonds is 14. The summed E-state index contributed by atoms with van der Waals surface area (Å²) in [5.74, 6) is -3.86. The van der Waals surface area contributed by atoms with Crippen molar-refractivity contribution in [2.75, 3.05) is 0 Å². The molecule has 8 atom stereocenters. The van der Waals surface area contributed by atoms with Crippen LogP contribution in [0.2, 0.25) is 0 Å². The molecule has 0 amide bonds. The van der Waals surface area contributed by atoms with Crippen molar-refractivity contribution in [1.29, 1.82) is 0 Å². The van der Waals surface area contributed by atoms with Crippen molar-refractivity contribution >= 4 is 29.5 Å². The van der Waals surface area contributed by atoms with Crippen LogP contribution in [0.15, 0.2) is 45.6 Å². The van der Waals surface area contributed by atoms with Crippen molar-refractivity contribution < 1.29 is 79.0 Å². The first-order valence-electron chi connectivity index (χ1n) is 12.5. The third kappa shape index (κ3) is 7.47. The number of carbonyl (C=O) groups excluding carboxylic acids is 3. The van der Waals surface area contributed by atoms with E-state index in [1.165, 1.54) is 24.3 Å². The minimum atomic E-state index is -2.44. The number of esters is 1. The van der Waals surface area contributed by atoms with Crippen LogP contribution >= 0.6 is 0 Å². The van der Waals surface area contributed by atoms with E-state index in [-0.39, 0.29) is 23.9 Å². The molecule has 44 heavy (non-hydrogen) atoms. The molecule has 0 radical (unpaired) electrons. The van der Waals surface area contributed by atoms with Crippen LogP contribution in [-0.4, -0.2) is 114 Å². The lowest BCUT2D eigenvalue weighted by Gasteiger charge is -2.27. The number of phenols is 2. The summed E-state index contributed by atoms with van der Waals surface area (Å²) < 4.78 is 21.1. The van der Waals surface area contributed by atoms with E-state index in [1.807, 2.05) is 0 Å². The van der Waals surface area contributed by atoms with Crippen LogP contribution in [0.3, 0.4) is 0 Å². The minimum Gasteiger partial charge on any atom is -0.508 e. The maximum Gasteiger partial charge on any atom is 0.305 e. The smallest absolute Gasteiger partial charge is 0.305 e. The SMILES string of the molecule is CC(=O)OC(Oc1cc(O)c2c(=O)c(OC(O)C(O)C(O)C(O)C=O)c(-c3ccc(O)cc3)oc2c1)C(O)C(O)C(O)C=O. The maximum atomic E-state index is 13.5. The van der Waals surface area contributed by atoms with Gasteiger partial charge in [-0.25, -0.2) is 0 Å². The van der Waals surface area contributed by atoms with E-state index in [4.69, 9.17) is 18.6 Å². The lowest BCUT2D eigenvalue weighted by atomic mass is 10.1. The molecule has 1 aromatic heterocycles. The summed E-state index contributed by atoms with van der Waals surface area (Å²) in [6.45, 7) is 0.915. The number of aliphatic hydroxyl groups excluding tert-OH is 7. The first kappa shape index (κ1) is 33.9. The van der Waals surface area contributed by atoms with Gasteiger partial charge in [0.1, 0.15) is 58.7 Å². The second kappa shape index (κ2) is 14.2. The highest BCUT2D eigenvalue weighted by atomic mass is 16.7. The predicted molar refractivity (Wildman–Crippen MR) is 142 cm³/mol. The van der Waals surface area contributed by atoms with Gasteiger partial charge in [-0.05, 0) is 24.3 Å². The average molecular weight is 625 g/mol. The van der Waals surface area contributed by atoms with Gasteiger partial charge < -0.3 is 74.2 Å². The summed E-state index contributed by atoms with van der Waals surface area (Å²) in [6.07, 6.45) is -17.9. The molecule has 3 rings (SSSR count). The Labute approximate surface area is 245 Å². The zero-order valence-electron chi connectivity index (χ0n) is 22.5. The molecule has 0 aliphatic rings. The van der Waals surface area contributed by atoms with Crippen LogP contribution in [0.1, 0.15) is 6.92 Å². The van der Waals surface area contributed by atoms with Crippen LogP contribution in [0.4, 0.5) is 0 Å². The molecule has 0 bridgehead atoms. The van der Waals surface area contributed by atoms with Crippen LogP contribution in [0.5, 0.6) is 23.0 Å². The van der Waals surface area contributed by atoms with Crippen molar-refractivity contribution in [2.45, 2.75) is 56.1 Å². The summed E-state index contributed by atoms with van der Waals surface area (Å²) in [4.78, 5) is 46.7. The molecular formula is C27H28O17. The normalized spacial score (nSPS) is 16.9. The zero-order valence-corrected chi connectivity index (χ0v) is 22.5.